The van der Waals surface area contributed by atoms with Gasteiger partial charge in [-0.2, -0.15) is 5.10 Å². The topological polar surface area (TPSA) is 106 Å². The third kappa shape index (κ3) is 2.73. The smallest absolute Gasteiger partial charge is 0.288 e. The number of benzene rings is 1. The number of fused-ring (bicyclic) bond motifs is 1. The summed E-state index contributed by atoms with van der Waals surface area (Å²) in [5.41, 5.74) is 0.956. The van der Waals surface area contributed by atoms with Gasteiger partial charge in [-0.15, -0.1) is 0 Å². The lowest BCUT2D eigenvalue weighted by atomic mass is 10.2. The first kappa shape index (κ1) is 16.1. The lowest BCUT2D eigenvalue weighted by Gasteiger charge is -2.11. The van der Waals surface area contributed by atoms with E-state index in [1.54, 1.807) is 19.1 Å². The molecular weight excluding hydrogens is 332 g/mol. The summed E-state index contributed by atoms with van der Waals surface area (Å²) in [4.78, 5) is 11.8. The van der Waals surface area contributed by atoms with Gasteiger partial charge in [0, 0.05) is 6.20 Å². The van der Waals surface area contributed by atoms with Crippen molar-refractivity contribution in [2.75, 3.05) is 11.8 Å². The van der Waals surface area contributed by atoms with Crippen molar-refractivity contribution in [1.82, 2.24) is 14.6 Å². The first-order chi connectivity index (χ1) is 11.3. The highest BCUT2D eigenvalue weighted by molar-refractivity contribution is 7.92. The van der Waals surface area contributed by atoms with Crippen LogP contribution in [0, 0.1) is 13.8 Å². The fourth-order valence-electron chi connectivity index (χ4n) is 2.38. The van der Waals surface area contributed by atoms with Crippen LogP contribution in [-0.2, 0) is 10.0 Å². The van der Waals surface area contributed by atoms with Crippen LogP contribution >= 0.6 is 0 Å². The molecule has 0 fully saturated rings. The SMILES string of the molecule is COc1ccc(C)cc1NS(=O)(=O)c1cc2c(=O)[nH]nc(C)n2c1. The summed E-state index contributed by atoms with van der Waals surface area (Å²) < 4.78 is 34.4. The van der Waals surface area contributed by atoms with Crippen molar-refractivity contribution in [3.63, 3.8) is 0 Å². The molecule has 0 aliphatic carbocycles. The first-order valence-corrected chi connectivity index (χ1v) is 8.55. The van der Waals surface area contributed by atoms with Crippen molar-refractivity contribution in [3.8, 4) is 5.75 Å². The maximum atomic E-state index is 12.7. The molecule has 24 heavy (non-hydrogen) atoms. The number of methoxy groups -OCH3 is 1. The van der Waals surface area contributed by atoms with Crippen LogP contribution in [-0.4, -0.2) is 30.1 Å². The largest absolute Gasteiger partial charge is 0.495 e. The third-order valence-corrected chi connectivity index (χ3v) is 4.94. The summed E-state index contributed by atoms with van der Waals surface area (Å²) in [7, 11) is -2.43. The van der Waals surface area contributed by atoms with Crippen molar-refractivity contribution >= 4 is 21.2 Å². The van der Waals surface area contributed by atoms with Gasteiger partial charge in [0.2, 0.25) is 0 Å². The standard InChI is InChI=1S/C15H16N4O4S/c1-9-4-5-14(23-3)12(6-9)18-24(21,22)11-7-13-15(20)17-16-10(2)19(13)8-11/h4-8,18H,1-3H3,(H,17,20). The van der Waals surface area contributed by atoms with Crippen LogP contribution in [0.15, 0.2) is 40.2 Å². The van der Waals surface area contributed by atoms with Crippen LogP contribution in [0.2, 0.25) is 0 Å². The van der Waals surface area contributed by atoms with E-state index in [0.29, 0.717) is 17.3 Å². The molecule has 0 saturated carbocycles. The fraction of sp³-hybridized carbons (Fsp3) is 0.200. The zero-order valence-corrected chi connectivity index (χ0v) is 14.1. The van der Waals surface area contributed by atoms with Gasteiger partial charge in [0.05, 0.1) is 12.8 Å². The van der Waals surface area contributed by atoms with Gasteiger partial charge >= 0.3 is 0 Å². The van der Waals surface area contributed by atoms with Crippen LogP contribution in [0.25, 0.3) is 5.52 Å². The molecule has 126 valence electrons. The molecule has 8 nitrogen and oxygen atoms in total. The Labute approximate surface area is 138 Å². The maximum Gasteiger partial charge on any atom is 0.288 e. The van der Waals surface area contributed by atoms with Crippen molar-refractivity contribution in [3.05, 3.63) is 52.2 Å². The summed E-state index contributed by atoms with van der Waals surface area (Å²) in [6, 6.07) is 6.48. The van der Waals surface area contributed by atoms with Gasteiger partial charge in [0.1, 0.15) is 22.0 Å². The Morgan fingerprint density at radius 1 is 1.25 bits per heavy atom. The Bertz CT molecular complexity index is 1080. The van der Waals surface area contributed by atoms with Gasteiger partial charge in [0.15, 0.2) is 0 Å². The van der Waals surface area contributed by atoms with Crippen LogP contribution in [0.4, 0.5) is 5.69 Å². The molecule has 3 aromatic rings. The molecule has 0 unspecified atom stereocenters. The van der Waals surface area contributed by atoms with E-state index in [1.807, 2.05) is 13.0 Å². The number of nitrogens with zero attached hydrogens (tertiary/aromatic N) is 2. The van der Waals surface area contributed by atoms with Crippen LogP contribution in [0.3, 0.4) is 0 Å². The Hall–Kier alpha value is -2.81. The number of ether oxygens (including phenoxy) is 1. The van der Waals surface area contributed by atoms with Gasteiger partial charge in [0.25, 0.3) is 15.6 Å². The number of aromatic nitrogens is 3. The second kappa shape index (κ2) is 5.68. The molecule has 0 radical (unpaired) electrons. The number of hydrogen-bond donors (Lipinski definition) is 2. The van der Waals surface area contributed by atoms with Crippen LogP contribution in [0.5, 0.6) is 5.75 Å². The molecular formula is C15H16N4O4S. The molecule has 9 heteroatoms. The molecule has 0 atom stereocenters. The molecule has 0 aliphatic rings. The molecule has 0 aliphatic heterocycles. The molecule has 3 rings (SSSR count). The summed E-state index contributed by atoms with van der Waals surface area (Å²) in [5, 5.41) is 6.14. The number of H-pyrrole nitrogens is 1. The lowest BCUT2D eigenvalue weighted by Crippen LogP contribution is -2.13. The predicted octanol–water partition coefficient (Wildman–Crippen LogP) is 1.45. The molecule has 1 aromatic carbocycles. The van der Waals surface area contributed by atoms with Gasteiger partial charge in [-0.3, -0.25) is 13.9 Å². The predicted molar refractivity (Wildman–Crippen MR) is 89.1 cm³/mol. The summed E-state index contributed by atoms with van der Waals surface area (Å²) in [6.07, 6.45) is 1.36. The average Bonchev–Trinajstić information content (AvgIpc) is 2.98. The minimum atomic E-state index is -3.89. The van der Waals surface area contributed by atoms with Crippen molar-refractivity contribution in [1.29, 1.82) is 0 Å². The van der Waals surface area contributed by atoms with Gasteiger partial charge in [-0.05, 0) is 37.6 Å². The van der Waals surface area contributed by atoms with E-state index in [-0.39, 0.29) is 10.4 Å². The molecule has 2 heterocycles. The zero-order valence-electron chi connectivity index (χ0n) is 13.3. The number of hydrogen-bond acceptors (Lipinski definition) is 5. The molecule has 2 N–H and O–H groups in total. The van der Waals surface area contributed by atoms with E-state index < -0.39 is 15.6 Å². The van der Waals surface area contributed by atoms with Crippen LogP contribution < -0.4 is 15.0 Å². The molecule has 0 amide bonds. The van der Waals surface area contributed by atoms with E-state index >= 15 is 0 Å². The van der Waals surface area contributed by atoms with Crippen molar-refractivity contribution in [2.45, 2.75) is 18.7 Å². The summed E-state index contributed by atoms with van der Waals surface area (Å²) >= 11 is 0. The Morgan fingerprint density at radius 3 is 2.67 bits per heavy atom. The third-order valence-electron chi connectivity index (χ3n) is 3.60. The van der Waals surface area contributed by atoms with Gasteiger partial charge < -0.3 is 4.74 Å². The van der Waals surface area contributed by atoms with Crippen LogP contribution in [0.1, 0.15) is 11.4 Å². The van der Waals surface area contributed by atoms with E-state index in [1.165, 1.54) is 23.8 Å². The normalized spacial score (nSPS) is 11.6. The minimum Gasteiger partial charge on any atom is -0.495 e. The van der Waals surface area contributed by atoms with E-state index in [9.17, 15) is 13.2 Å². The molecule has 0 spiro atoms. The van der Waals surface area contributed by atoms with Crippen molar-refractivity contribution < 1.29 is 13.2 Å². The molecule has 2 aromatic heterocycles. The number of rotatable bonds is 4. The average molecular weight is 348 g/mol. The zero-order chi connectivity index (χ0) is 17.5. The first-order valence-electron chi connectivity index (χ1n) is 7.06. The van der Waals surface area contributed by atoms with Gasteiger partial charge in [-0.25, -0.2) is 13.5 Å². The monoisotopic (exact) mass is 348 g/mol. The Balaban J connectivity index is 2.09. The quantitative estimate of drug-likeness (QED) is 0.742. The highest BCUT2D eigenvalue weighted by Gasteiger charge is 2.20. The number of sulfonamides is 1. The van der Waals surface area contributed by atoms with Crippen molar-refractivity contribution in [2.24, 2.45) is 0 Å². The number of anilines is 1. The highest BCUT2D eigenvalue weighted by atomic mass is 32.2. The van der Waals surface area contributed by atoms with E-state index in [4.69, 9.17) is 4.74 Å². The van der Waals surface area contributed by atoms with E-state index in [2.05, 4.69) is 14.9 Å². The summed E-state index contributed by atoms with van der Waals surface area (Å²) in [6.45, 7) is 3.51. The minimum absolute atomic E-state index is 0.0346. The molecule has 0 bridgehead atoms. The Kier molecular flexibility index (Phi) is 3.80. The fourth-order valence-corrected chi connectivity index (χ4v) is 3.45. The second-order valence-electron chi connectivity index (χ2n) is 5.34. The lowest BCUT2D eigenvalue weighted by molar-refractivity contribution is 0.417. The second-order valence-corrected chi connectivity index (χ2v) is 7.02. The molecule has 0 saturated heterocycles. The highest BCUT2D eigenvalue weighted by Crippen LogP contribution is 2.28. The Morgan fingerprint density at radius 2 is 2.00 bits per heavy atom. The number of nitrogens with one attached hydrogen (secondary N) is 2. The maximum absolute atomic E-state index is 12.7. The number of aromatic amines is 1. The number of aryl methyl sites for hydroxylation is 2. The van der Waals surface area contributed by atoms with E-state index in [0.717, 1.165) is 5.56 Å². The van der Waals surface area contributed by atoms with Gasteiger partial charge in [-0.1, -0.05) is 6.07 Å². The summed E-state index contributed by atoms with van der Waals surface area (Å²) in [5.74, 6) is 0.878.